The predicted octanol–water partition coefficient (Wildman–Crippen LogP) is 1.69. The Labute approximate surface area is 158 Å². The topological polar surface area (TPSA) is 34.1 Å². The number of nitrogens with zero attached hydrogens (tertiary/aromatic N) is 4. The minimum atomic E-state index is 0. The Balaban J connectivity index is 0.00000192. The summed E-state index contributed by atoms with van der Waals surface area (Å²) in [5.41, 5.74) is 0.511. The van der Waals surface area contributed by atoms with Crippen molar-refractivity contribution in [1.29, 1.82) is 0 Å². The maximum Gasteiger partial charge on any atom is 0.193 e. The minimum absolute atomic E-state index is 0. The summed E-state index contributed by atoms with van der Waals surface area (Å²) in [5, 5.41) is 3.66. The zero-order chi connectivity index (χ0) is 15.6. The second kappa shape index (κ2) is 8.34. The van der Waals surface area contributed by atoms with Gasteiger partial charge < -0.3 is 10.2 Å². The Kier molecular flexibility index (Phi) is 6.98. The number of nitrogens with one attached hydrogen (secondary N) is 1. The molecule has 134 valence electrons. The van der Waals surface area contributed by atoms with Crippen LogP contribution in [0.2, 0.25) is 0 Å². The van der Waals surface area contributed by atoms with Crippen LogP contribution in [0.5, 0.6) is 0 Å². The van der Waals surface area contributed by atoms with Gasteiger partial charge in [-0.05, 0) is 24.7 Å². The summed E-state index contributed by atoms with van der Waals surface area (Å²) in [6.07, 6.45) is 3.87. The summed E-state index contributed by atoms with van der Waals surface area (Å²) in [6.45, 7) is 14.2. The fraction of sp³-hybridized carbons (Fsp3) is 0.941. The lowest BCUT2D eigenvalue weighted by molar-refractivity contribution is 0.0152. The van der Waals surface area contributed by atoms with Gasteiger partial charge in [-0.15, -0.1) is 24.0 Å². The van der Waals surface area contributed by atoms with Gasteiger partial charge >= 0.3 is 0 Å². The molecule has 23 heavy (non-hydrogen) atoms. The molecule has 6 heteroatoms. The molecule has 4 aliphatic rings. The molecule has 0 aromatic heterocycles. The number of hydrogen-bond donors (Lipinski definition) is 1. The maximum atomic E-state index is 4.55. The van der Waals surface area contributed by atoms with Crippen LogP contribution in [0.25, 0.3) is 0 Å². The highest BCUT2D eigenvalue weighted by Crippen LogP contribution is 2.36. The van der Waals surface area contributed by atoms with Crippen molar-refractivity contribution in [3.8, 4) is 0 Å². The average Bonchev–Trinajstić information content (AvgIpc) is 3.02. The van der Waals surface area contributed by atoms with Crippen LogP contribution in [-0.4, -0.2) is 86.1 Å². The molecule has 0 spiro atoms. The predicted molar refractivity (Wildman–Crippen MR) is 108 cm³/mol. The van der Waals surface area contributed by atoms with E-state index in [1.165, 1.54) is 58.5 Å². The van der Waals surface area contributed by atoms with E-state index in [9.17, 15) is 0 Å². The first-order valence-corrected chi connectivity index (χ1v) is 9.11. The van der Waals surface area contributed by atoms with Crippen LogP contribution in [0.15, 0.2) is 4.99 Å². The molecule has 1 N–H and O–H groups in total. The van der Waals surface area contributed by atoms with E-state index in [4.69, 9.17) is 0 Å². The molecule has 4 fully saturated rings. The highest BCUT2D eigenvalue weighted by molar-refractivity contribution is 14.0. The van der Waals surface area contributed by atoms with Crippen LogP contribution in [0.1, 0.15) is 33.1 Å². The number of fused-ring (bicyclic) bond motifs is 3. The summed E-state index contributed by atoms with van der Waals surface area (Å²) >= 11 is 0. The van der Waals surface area contributed by atoms with Gasteiger partial charge in [-0.2, -0.15) is 0 Å². The molecule has 0 aromatic rings. The molecule has 4 rings (SSSR count). The van der Waals surface area contributed by atoms with E-state index < -0.39 is 0 Å². The quantitative estimate of drug-likeness (QED) is 0.414. The maximum absolute atomic E-state index is 4.55. The second-order valence-corrected chi connectivity index (χ2v) is 7.30. The smallest absolute Gasteiger partial charge is 0.193 e. The molecule has 0 amide bonds. The van der Waals surface area contributed by atoms with Gasteiger partial charge in [0.1, 0.15) is 0 Å². The van der Waals surface area contributed by atoms with Crippen molar-refractivity contribution in [1.82, 2.24) is 20.0 Å². The van der Waals surface area contributed by atoms with Gasteiger partial charge in [-0.25, -0.2) is 0 Å². The molecule has 1 unspecified atom stereocenters. The Bertz CT molecular complexity index is 402. The lowest BCUT2D eigenvalue weighted by atomic mass is 9.82. The molecule has 4 saturated heterocycles. The van der Waals surface area contributed by atoms with E-state index in [0.29, 0.717) is 11.5 Å². The minimum Gasteiger partial charge on any atom is -0.355 e. The molecule has 0 saturated carbocycles. The lowest BCUT2D eigenvalue weighted by Gasteiger charge is -2.47. The van der Waals surface area contributed by atoms with E-state index in [1.54, 1.807) is 0 Å². The third-order valence-electron chi connectivity index (χ3n) is 6.34. The summed E-state index contributed by atoms with van der Waals surface area (Å²) in [4.78, 5) is 12.3. The van der Waals surface area contributed by atoms with Crippen molar-refractivity contribution in [2.75, 3.05) is 59.4 Å². The number of piperazine rings is 3. The van der Waals surface area contributed by atoms with Crippen molar-refractivity contribution in [2.45, 2.75) is 39.2 Å². The third-order valence-corrected chi connectivity index (χ3v) is 6.34. The van der Waals surface area contributed by atoms with Crippen molar-refractivity contribution in [3.63, 3.8) is 0 Å². The molecular formula is C17H34IN5. The lowest BCUT2D eigenvalue weighted by Crippen LogP contribution is -2.64. The normalized spacial score (nSPS) is 32.7. The fourth-order valence-corrected chi connectivity index (χ4v) is 4.40. The highest BCUT2D eigenvalue weighted by atomic mass is 127. The summed E-state index contributed by atoms with van der Waals surface area (Å²) in [7, 11) is 1.93. The molecule has 0 aromatic carbocycles. The van der Waals surface area contributed by atoms with E-state index >= 15 is 0 Å². The van der Waals surface area contributed by atoms with Crippen LogP contribution >= 0.6 is 24.0 Å². The van der Waals surface area contributed by atoms with Gasteiger partial charge in [-0.1, -0.05) is 13.8 Å². The average molecular weight is 435 g/mol. The number of halogens is 1. The van der Waals surface area contributed by atoms with Gasteiger partial charge in [0.15, 0.2) is 5.96 Å². The first-order valence-electron chi connectivity index (χ1n) is 9.11. The van der Waals surface area contributed by atoms with Crippen LogP contribution in [0, 0.1) is 5.41 Å². The number of aliphatic imine (C=N–C) groups is 1. The standard InChI is InChI=1S/C17H33N5.HI/c1-4-17(5-2)6-7-22(14-17)16(18-3)19-12-15-13-20-8-10-21(15)11-9-20;/h15H,4-14H2,1-3H3,(H,18,19);1H. The van der Waals surface area contributed by atoms with Gasteiger partial charge in [0, 0.05) is 65.4 Å². The number of guanidine groups is 1. The zero-order valence-electron chi connectivity index (χ0n) is 15.1. The molecule has 1 atom stereocenters. The zero-order valence-corrected chi connectivity index (χ0v) is 17.4. The van der Waals surface area contributed by atoms with Gasteiger partial charge in [0.05, 0.1) is 0 Å². The third kappa shape index (κ3) is 4.12. The van der Waals surface area contributed by atoms with Gasteiger partial charge in [0.2, 0.25) is 0 Å². The van der Waals surface area contributed by atoms with E-state index in [0.717, 1.165) is 19.0 Å². The fourth-order valence-electron chi connectivity index (χ4n) is 4.40. The highest BCUT2D eigenvalue weighted by Gasteiger charge is 2.37. The number of likely N-dealkylation sites (tertiary alicyclic amines) is 1. The molecule has 2 bridgehead atoms. The van der Waals surface area contributed by atoms with E-state index in [1.807, 2.05) is 7.05 Å². The van der Waals surface area contributed by atoms with Crippen LogP contribution in [0.3, 0.4) is 0 Å². The first kappa shape index (κ1) is 19.2. The molecule has 0 aliphatic carbocycles. The van der Waals surface area contributed by atoms with Crippen molar-refractivity contribution < 1.29 is 0 Å². The van der Waals surface area contributed by atoms with Gasteiger partial charge in [0.25, 0.3) is 0 Å². The Morgan fingerprint density at radius 3 is 2.30 bits per heavy atom. The largest absolute Gasteiger partial charge is 0.355 e. The van der Waals surface area contributed by atoms with Crippen LogP contribution < -0.4 is 5.32 Å². The molecule has 5 nitrogen and oxygen atoms in total. The van der Waals surface area contributed by atoms with Crippen LogP contribution in [0.4, 0.5) is 0 Å². The molecule has 4 aliphatic heterocycles. The van der Waals surface area contributed by atoms with Crippen LogP contribution in [-0.2, 0) is 0 Å². The van der Waals surface area contributed by atoms with E-state index in [2.05, 4.69) is 38.9 Å². The Morgan fingerprint density at radius 1 is 1.13 bits per heavy atom. The van der Waals surface area contributed by atoms with Gasteiger partial charge in [-0.3, -0.25) is 14.8 Å². The monoisotopic (exact) mass is 435 g/mol. The molecular weight excluding hydrogens is 401 g/mol. The van der Waals surface area contributed by atoms with Crippen molar-refractivity contribution in [2.24, 2.45) is 10.4 Å². The Hall–Kier alpha value is -0.0800. The molecule has 4 heterocycles. The Morgan fingerprint density at radius 2 is 1.83 bits per heavy atom. The van der Waals surface area contributed by atoms with E-state index in [-0.39, 0.29) is 24.0 Å². The van der Waals surface area contributed by atoms with Crippen molar-refractivity contribution in [3.05, 3.63) is 0 Å². The summed E-state index contributed by atoms with van der Waals surface area (Å²) in [5.74, 6) is 1.11. The first-order chi connectivity index (χ1) is 10.7. The SMILES string of the molecule is CCC1(CC)CCN(C(=NC)NCC2CN3CCN2CC3)C1.I. The van der Waals surface area contributed by atoms with Crippen molar-refractivity contribution >= 4 is 29.9 Å². The number of hydrogen-bond acceptors (Lipinski definition) is 3. The summed E-state index contributed by atoms with van der Waals surface area (Å²) < 4.78 is 0. The summed E-state index contributed by atoms with van der Waals surface area (Å²) in [6, 6.07) is 0.656. The number of rotatable bonds is 4. The second-order valence-electron chi connectivity index (χ2n) is 7.30. The molecule has 0 radical (unpaired) electrons.